The van der Waals surface area contributed by atoms with Crippen molar-refractivity contribution >= 4 is 11.4 Å². The lowest BCUT2D eigenvalue weighted by atomic mass is 9.89. The minimum absolute atomic E-state index is 0.462. The largest absolute Gasteiger partial charge is 0.397 e. The lowest BCUT2D eigenvalue weighted by molar-refractivity contribution is 0.0715. The first-order chi connectivity index (χ1) is 12.2. The van der Waals surface area contributed by atoms with Gasteiger partial charge in [0.05, 0.1) is 11.4 Å². The van der Waals surface area contributed by atoms with Crippen LogP contribution in [0.2, 0.25) is 0 Å². The summed E-state index contributed by atoms with van der Waals surface area (Å²) in [5.74, 6) is 0. The second kappa shape index (κ2) is 9.47. The molecule has 2 atom stereocenters. The Kier molecular flexibility index (Phi) is 7.03. The molecule has 1 saturated heterocycles. The molecule has 1 aromatic carbocycles. The molecule has 3 N–H and O–H groups in total. The average molecular weight is 344 g/mol. The Morgan fingerprint density at radius 2 is 1.68 bits per heavy atom. The molecule has 0 aromatic heterocycles. The Bertz CT molecular complexity index is 508. The van der Waals surface area contributed by atoms with Crippen LogP contribution in [-0.2, 0) is 0 Å². The molecule has 1 saturated carbocycles. The predicted octanol–water partition coefficient (Wildman–Crippen LogP) is 5.43. The van der Waals surface area contributed by atoms with Gasteiger partial charge in [-0.15, -0.1) is 0 Å². The Morgan fingerprint density at radius 1 is 1.00 bits per heavy atom. The van der Waals surface area contributed by atoms with E-state index in [-0.39, 0.29) is 0 Å². The minimum atomic E-state index is 0.462. The van der Waals surface area contributed by atoms with Crippen LogP contribution in [0.25, 0.3) is 0 Å². The van der Waals surface area contributed by atoms with Crippen molar-refractivity contribution in [2.24, 2.45) is 0 Å². The maximum Gasteiger partial charge on any atom is 0.0575 e. The number of nitrogens with zero attached hydrogens (tertiary/aromatic N) is 1. The molecule has 2 fully saturated rings. The highest BCUT2D eigenvalue weighted by atomic mass is 15.2. The van der Waals surface area contributed by atoms with Crippen LogP contribution in [0.1, 0.15) is 77.6 Å². The highest BCUT2D eigenvalue weighted by Crippen LogP contribution is 2.30. The van der Waals surface area contributed by atoms with Crippen LogP contribution in [0.4, 0.5) is 11.4 Å². The summed E-state index contributed by atoms with van der Waals surface area (Å²) in [5.41, 5.74) is 8.05. The molecule has 3 rings (SSSR count). The first-order valence-electron chi connectivity index (χ1n) is 10.6. The van der Waals surface area contributed by atoms with Crippen LogP contribution in [0.5, 0.6) is 0 Å². The van der Waals surface area contributed by atoms with E-state index in [4.69, 9.17) is 5.73 Å². The number of hydrogen-bond acceptors (Lipinski definition) is 3. The standard InChI is InChI=1S/C22H37N3/c1-18(24-22-15-8-7-14-21(22)23)17-20-13-9-10-16-25(20)19-11-5-3-2-4-6-12-19/h7-8,14-15,18-20,24H,2-6,9-13,16-17,23H2,1H3/t18?,20-/m0/s1. The molecular formula is C22H37N3. The van der Waals surface area contributed by atoms with Gasteiger partial charge in [-0.2, -0.15) is 0 Å². The third-order valence-electron chi connectivity index (χ3n) is 6.20. The number of rotatable bonds is 5. The number of anilines is 2. The summed E-state index contributed by atoms with van der Waals surface area (Å²) in [6.45, 7) is 3.63. The molecule has 0 bridgehead atoms. The van der Waals surface area contributed by atoms with Crippen LogP contribution in [0.15, 0.2) is 24.3 Å². The maximum atomic E-state index is 6.11. The van der Waals surface area contributed by atoms with E-state index < -0.39 is 0 Å². The van der Waals surface area contributed by atoms with Crippen molar-refractivity contribution in [3.63, 3.8) is 0 Å². The highest BCUT2D eigenvalue weighted by Gasteiger charge is 2.29. The zero-order chi connectivity index (χ0) is 17.5. The van der Waals surface area contributed by atoms with Gasteiger partial charge >= 0.3 is 0 Å². The summed E-state index contributed by atoms with van der Waals surface area (Å²) in [4.78, 5) is 2.89. The van der Waals surface area contributed by atoms with Gasteiger partial charge in [0, 0.05) is 18.1 Å². The maximum absolute atomic E-state index is 6.11. The lowest BCUT2D eigenvalue weighted by Gasteiger charge is -2.43. The van der Waals surface area contributed by atoms with Crippen molar-refractivity contribution < 1.29 is 0 Å². The number of hydrogen-bond donors (Lipinski definition) is 2. The quantitative estimate of drug-likeness (QED) is 0.701. The van der Waals surface area contributed by atoms with Crippen molar-refractivity contribution in [3.8, 4) is 0 Å². The average Bonchev–Trinajstić information content (AvgIpc) is 2.58. The normalized spacial score (nSPS) is 25.1. The number of likely N-dealkylation sites (tertiary alicyclic amines) is 1. The first-order valence-corrected chi connectivity index (χ1v) is 10.6. The molecule has 0 spiro atoms. The monoisotopic (exact) mass is 343 g/mol. The van der Waals surface area contributed by atoms with E-state index in [9.17, 15) is 0 Å². The van der Waals surface area contributed by atoms with E-state index in [0.29, 0.717) is 6.04 Å². The Labute approximate surface area is 154 Å². The molecule has 2 aliphatic rings. The van der Waals surface area contributed by atoms with Crippen molar-refractivity contribution in [1.29, 1.82) is 0 Å². The van der Waals surface area contributed by atoms with Crippen molar-refractivity contribution in [3.05, 3.63) is 24.3 Å². The third-order valence-corrected chi connectivity index (χ3v) is 6.20. The van der Waals surface area contributed by atoms with Gasteiger partial charge in [-0.05, 0) is 57.7 Å². The molecule has 0 amide bonds. The molecule has 140 valence electrons. The van der Waals surface area contributed by atoms with Gasteiger partial charge in [-0.25, -0.2) is 0 Å². The van der Waals surface area contributed by atoms with Crippen LogP contribution in [-0.4, -0.2) is 29.6 Å². The summed E-state index contributed by atoms with van der Waals surface area (Å²) in [5, 5.41) is 3.65. The number of nitrogens with one attached hydrogen (secondary N) is 1. The summed E-state index contributed by atoms with van der Waals surface area (Å²) < 4.78 is 0. The van der Waals surface area contributed by atoms with E-state index in [1.165, 1.54) is 77.2 Å². The Hall–Kier alpha value is -1.22. The summed E-state index contributed by atoms with van der Waals surface area (Å²) in [6, 6.07) is 10.2. The molecule has 1 aromatic rings. The van der Waals surface area contributed by atoms with Crippen molar-refractivity contribution in [2.45, 2.75) is 95.7 Å². The molecule has 1 aliphatic carbocycles. The smallest absolute Gasteiger partial charge is 0.0575 e. The van der Waals surface area contributed by atoms with E-state index in [1.807, 2.05) is 12.1 Å². The summed E-state index contributed by atoms with van der Waals surface area (Å²) in [7, 11) is 0. The van der Waals surface area contributed by atoms with Gasteiger partial charge < -0.3 is 11.1 Å². The number of nitrogen functional groups attached to an aromatic ring is 1. The van der Waals surface area contributed by atoms with Gasteiger partial charge in [0.15, 0.2) is 0 Å². The first kappa shape index (κ1) is 18.6. The fourth-order valence-corrected chi connectivity index (χ4v) is 4.88. The Morgan fingerprint density at radius 3 is 2.44 bits per heavy atom. The SMILES string of the molecule is CC(C[C@@H]1CCCCN1C1CCCCCCC1)Nc1ccccc1N. The fourth-order valence-electron chi connectivity index (χ4n) is 4.88. The lowest BCUT2D eigenvalue weighted by Crippen LogP contribution is -2.48. The predicted molar refractivity (Wildman–Crippen MR) is 109 cm³/mol. The van der Waals surface area contributed by atoms with E-state index in [0.717, 1.165) is 23.5 Å². The van der Waals surface area contributed by atoms with Crippen LogP contribution in [0.3, 0.4) is 0 Å². The second-order valence-electron chi connectivity index (χ2n) is 8.25. The van der Waals surface area contributed by atoms with E-state index >= 15 is 0 Å². The van der Waals surface area contributed by atoms with E-state index in [1.54, 1.807) is 0 Å². The van der Waals surface area contributed by atoms with Crippen LogP contribution >= 0.6 is 0 Å². The van der Waals surface area contributed by atoms with Gasteiger partial charge in [-0.3, -0.25) is 4.90 Å². The Balaban J connectivity index is 1.59. The van der Waals surface area contributed by atoms with Crippen molar-refractivity contribution in [2.75, 3.05) is 17.6 Å². The topological polar surface area (TPSA) is 41.3 Å². The van der Waals surface area contributed by atoms with Gasteiger partial charge in [0.1, 0.15) is 0 Å². The molecule has 1 unspecified atom stereocenters. The molecule has 25 heavy (non-hydrogen) atoms. The number of para-hydroxylation sites is 2. The molecule has 3 heteroatoms. The summed E-state index contributed by atoms with van der Waals surface area (Å²) >= 11 is 0. The number of nitrogens with two attached hydrogens (primary N) is 1. The molecular weight excluding hydrogens is 306 g/mol. The number of benzene rings is 1. The summed E-state index contributed by atoms with van der Waals surface area (Å²) in [6.07, 6.45) is 15.4. The fraction of sp³-hybridized carbons (Fsp3) is 0.727. The van der Waals surface area contributed by atoms with E-state index in [2.05, 4.69) is 29.3 Å². The molecule has 1 aliphatic heterocycles. The zero-order valence-corrected chi connectivity index (χ0v) is 16.1. The molecule has 1 heterocycles. The number of piperidine rings is 1. The molecule has 0 radical (unpaired) electrons. The highest BCUT2D eigenvalue weighted by molar-refractivity contribution is 5.65. The van der Waals surface area contributed by atoms with Gasteiger partial charge in [0.25, 0.3) is 0 Å². The van der Waals surface area contributed by atoms with Crippen LogP contribution in [0, 0.1) is 0 Å². The van der Waals surface area contributed by atoms with Crippen LogP contribution < -0.4 is 11.1 Å². The third kappa shape index (κ3) is 5.37. The van der Waals surface area contributed by atoms with Crippen molar-refractivity contribution in [1.82, 2.24) is 4.90 Å². The zero-order valence-electron chi connectivity index (χ0n) is 16.1. The second-order valence-corrected chi connectivity index (χ2v) is 8.25. The molecule has 3 nitrogen and oxygen atoms in total. The minimum Gasteiger partial charge on any atom is -0.397 e. The van der Waals surface area contributed by atoms with Gasteiger partial charge in [0.2, 0.25) is 0 Å². The van der Waals surface area contributed by atoms with Gasteiger partial charge in [-0.1, -0.05) is 50.7 Å².